The molecule has 0 saturated heterocycles. The molecule has 9 heteroatoms. The number of carbonyl (C=O) groups excluding carboxylic acids is 2. The molecule has 1 heterocycles. The molecule has 0 aliphatic rings. The smallest absolute Gasteiger partial charge is 0.239 e. The number of nitriles is 1. The monoisotopic (exact) mass is 483 g/mol. The molecule has 2 N–H and O–H groups in total. The Bertz CT molecular complexity index is 1210. The van der Waals surface area contributed by atoms with Crippen molar-refractivity contribution in [2.24, 2.45) is 0 Å². The molecule has 0 saturated carbocycles. The number of benzene rings is 2. The van der Waals surface area contributed by atoms with Crippen LogP contribution in [0.15, 0.2) is 48.5 Å². The van der Waals surface area contributed by atoms with Crippen molar-refractivity contribution in [3.63, 3.8) is 0 Å². The van der Waals surface area contributed by atoms with Crippen molar-refractivity contribution in [2.75, 3.05) is 30.8 Å². The first-order valence-electron chi connectivity index (χ1n) is 10.1. The first-order valence-corrected chi connectivity index (χ1v) is 10.9. The maximum absolute atomic E-state index is 12.8. The maximum Gasteiger partial charge on any atom is 0.239 e. The summed E-state index contributed by atoms with van der Waals surface area (Å²) in [5.74, 6) is -0.311. The Morgan fingerprint density at radius 3 is 2.12 bits per heavy atom. The van der Waals surface area contributed by atoms with Crippen LogP contribution < -0.4 is 10.6 Å². The van der Waals surface area contributed by atoms with Crippen molar-refractivity contribution in [3.8, 4) is 11.8 Å². The second kappa shape index (κ2) is 10.5. The maximum atomic E-state index is 12.8. The molecule has 170 valence electrons. The van der Waals surface area contributed by atoms with Crippen LogP contribution >= 0.6 is 23.2 Å². The molecule has 3 rings (SSSR count). The molecule has 0 fully saturated rings. The van der Waals surface area contributed by atoms with Gasteiger partial charge in [0.2, 0.25) is 11.8 Å². The normalized spacial score (nSPS) is 10.7. The van der Waals surface area contributed by atoms with E-state index >= 15 is 0 Å². The number of nitrogens with zero attached hydrogens (tertiary/aromatic N) is 3. The quantitative estimate of drug-likeness (QED) is 0.505. The van der Waals surface area contributed by atoms with Gasteiger partial charge in [0.25, 0.3) is 0 Å². The van der Waals surface area contributed by atoms with Gasteiger partial charge < -0.3 is 10.6 Å². The van der Waals surface area contributed by atoms with Crippen LogP contribution in [-0.2, 0) is 9.59 Å². The van der Waals surface area contributed by atoms with Gasteiger partial charge in [-0.2, -0.15) is 5.26 Å². The Kier molecular flexibility index (Phi) is 7.77. The lowest BCUT2D eigenvalue weighted by Gasteiger charge is -2.18. The van der Waals surface area contributed by atoms with E-state index in [2.05, 4.69) is 16.7 Å². The predicted octanol–water partition coefficient (Wildman–Crippen LogP) is 4.78. The number of para-hydroxylation sites is 2. The highest BCUT2D eigenvalue weighted by molar-refractivity contribution is 6.39. The van der Waals surface area contributed by atoms with E-state index < -0.39 is 0 Å². The van der Waals surface area contributed by atoms with Gasteiger partial charge in [0, 0.05) is 11.4 Å². The van der Waals surface area contributed by atoms with E-state index in [0.717, 1.165) is 16.9 Å². The van der Waals surface area contributed by atoms with E-state index in [0.29, 0.717) is 27.1 Å². The van der Waals surface area contributed by atoms with E-state index in [1.807, 2.05) is 48.7 Å². The standard InChI is InChI=1S/C24H23Cl2N5O2/c1-15-16(2)31(17-8-5-4-6-9-17)24(18(15)12-27)29-22(33)14-30(3)13-21(32)28-23-19(25)10-7-11-20(23)26/h4-11H,13-14H2,1-3H3,(H,28,32)(H,29,33). The number of halogens is 2. The van der Waals surface area contributed by atoms with Gasteiger partial charge in [-0.05, 0) is 50.7 Å². The summed E-state index contributed by atoms with van der Waals surface area (Å²) in [4.78, 5) is 26.8. The molecule has 3 aromatic rings. The van der Waals surface area contributed by atoms with Gasteiger partial charge in [-0.3, -0.25) is 19.1 Å². The Morgan fingerprint density at radius 2 is 1.55 bits per heavy atom. The lowest BCUT2D eigenvalue weighted by atomic mass is 10.2. The van der Waals surface area contributed by atoms with Gasteiger partial charge in [-0.15, -0.1) is 0 Å². The summed E-state index contributed by atoms with van der Waals surface area (Å²) in [7, 11) is 1.64. The van der Waals surface area contributed by atoms with Gasteiger partial charge in [0.1, 0.15) is 11.9 Å². The lowest BCUT2D eigenvalue weighted by Crippen LogP contribution is -2.36. The number of hydrogen-bond donors (Lipinski definition) is 2. The number of amides is 2. The zero-order chi connectivity index (χ0) is 24.1. The highest BCUT2D eigenvalue weighted by atomic mass is 35.5. The van der Waals surface area contributed by atoms with Crippen molar-refractivity contribution in [1.29, 1.82) is 5.26 Å². The van der Waals surface area contributed by atoms with E-state index in [1.54, 1.807) is 30.1 Å². The SMILES string of the molecule is Cc1c(C#N)c(NC(=O)CN(C)CC(=O)Nc2c(Cl)cccc2Cl)n(-c2ccccc2)c1C. The Balaban J connectivity index is 1.71. The van der Waals surface area contributed by atoms with Crippen molar-refractivity contribution in [3.05, 3.63) is 75.4 Å². The minimum Gasteiger partial charge on any atom is -0.322 e. The van der Waals surface area contributed by atoms with Crippen LogP contribution in [0.5, 0.6) is 0 Å². The van der Waals surface area contributed by atoms with Gasteiger partial charge in [0.15, 0.2) is 0 Å². The van der Waals surface area contributed by atoms with Crippen LogP contribution in [-0.4, -0.2) is 41.4 Å². The summed E-state index contributed by atoms with van der Waals surface area (Å²) in [5.41, 5.74) is 3.21. The number of hydrogen-bond acceptors (Lipinski definition) is 4. The number of anilines is 2. The number of aromatic nitrogens is 1. The lowest BCUT2D eigenvalue weighted by molar-refractivity contribution is -0.119. The Hall–Kier alpha value is -3.31. The number of rotatable bonds is 7. The second-order valence-corrected chi connectivity index (χ2v) is 8.40. The summed E-state index contributed by atoms with van der Waals surface area (Å²) >= 11 is 12.2. The molecule has 0 spiro atoms. The minimum atomic E-state index is -0.364. The minimum absolute atomic E-state index is 0.0577. The number of likely N-dealkylation sites (N-methyl/N-ethyl adjacent to an activating group) is 1. The molecule has 1 aromatic heterocycles. The molecule has 0 unspecified atom stereocenters. The molecule has 7 nitrogen and oxygen atoms in total. The fraction of sp³-hybridized carbons (Fsp3) is 0.208. The Morgan fingerprint density at radius 1 is 0.970 bits per heavy atom. The average molecular weight is 484 g/mol. The zero-order valence-corrected chi connectivity index (χ0v) is 20.0. The molecule has 33 heavy (non-hydrogen) atoms. The Labute approximate surface area is 202 Å². The van der Waals surface area contributed by atoms with Crippen LogP contribution in [0.4, 0.5) is 11.5 Å². The zero-order valence-electron chi connectivity index (χ0n) is 18.4. The molecule has 0 atom stereocenters. The fourth-order valence-electron chi connectivity index (χ4n) is 3.47. The van der Waals surface area contributed by atoms with Gasteiger partial charge in [-0.25, -0.2) is 0 Å². The molecule has 0 aliphatic carbocycles. The van der Waals surface area contributed by atoms with Crippen molar-refractivity contribution in [2.45, 2.75) is 13.8 Å². The van der Waals surface area contributed by atoms with E-state index in [4.69, 9.17) is 23.2 Å². The van der Waals surface area contributed by atoms with Crippen LogP contribution in [0.2, 0.25) is 10.0 Å². The van der Waals surface area contributed by atoms with E-state index in [9.17, 15) is 14.9 Å². The first-order chi connectivity index (χ1) is 15.7. The summed E-state index contributed by atoms with van der Waals surface area (Å²) < 4.78 is 1.85. The van der Waals surface area contributed by atoms with Gasteiger partial charge in [0.05, 0.1) is 34.4 Å². The molecule has 0 bridgehead atoms. The fourth-order valence-corrected chi connectivity index (χ4v) is 3.97. The molecular weight excluding hydrogens is 461 g/mol. The van der Waals surface area contributed by atoms with E-state index in [-0.39, 0.29) is 24.9 Å². The molecule has 2 aromatic carbocycles. The first kappa shape index (κ1) is 24.3. The third-order valence-corrected chi connectivity index (χ3v) is 5.78. The number of nitrogens with one attached hydrogen (secondary N) is 2. The van der Waals surface area contributed by atoms with Crippen molar-refractivity contribution >= 4 is 46.5 Å². The third kappa shape index (κ3) is 5.55. The summed E-state index contributed by atoms with van der Waals surface area (Å²) in [6, 6.07) is 16.6. The molecular formula is C24H23Cl2N5O2. The van der Waals surface area contributed by atoms with Crippen molar-refractivity contribution < 1.29 is 9.59 Å². The topological polar surface area (TPSA) is 90.2 Å². The number of carbonyl (C=O) groups is 2. The van der Waals surface area contributed by atoms with Crippen LogP contribution in [0.25, 0.3) is 5.69 Å². The van der Waals surface area contributed by atoms with Gasteiger partial charge >= 0.3 is 0 Å². The summed E-state index contributed by atoms with van der Waals surface area (Å²) in [6.45, 7) is 3.62. The van der Waals surface area contributed by atoms with Crippen LogP contribution in [0.1, 0.15) is 16.8 Å². The third-order valence-electron chi connectivity index (χ3n) is 5.15. The van der Waals surface area contributed by atoms with Crippen LogP contribution in [0.3, 0.4) is 0 Å². The van der Waals surface area contributed by atoms with Crippen LogP contribution in [0, 0.1) is 25.2 Å². The summed E-state index contributed by atoms with van der Waals surface area (Å²) in [5, 5.41) is 15.9. The largest absolute Gasteiger partial charge is 0.322 e. The predicted molar refractivity (Wildman–Crippen MR) is 131 cm³/mol. The van der Waals surface area contributed by atoms with Crippen molar-refractivity contribution in [1.82, 2.24) is 9.47 Å². The molecule has 2 amide bonds. The highest BCUT2D eigenvalue weighted by Gasteiger charge is 2.21. The summed E-state index contributed by atoms with van der Waals surface area (Å²) in [6.07, 6.45) is 0. The van der Waals surface area contributed by atoms with Gasteiger partial charge in [-0.1, -0.05) is 47.5 Å². The average Bonchev–Trinajstić information content (AvgIpc) is 3.00. The second-order valence-electron chi connectivity index (χ2n) is 7.58. The highest BCUT2D eigenvalue weighted by Crippen LogP contribution is 2.30. The molecule has 0 radical (unpaired) electrons. The molecule has 0 aliphatic heterocycles. The van der Waals surface area contributed by atoms with E-state index in [1.165, 1.54) is 0 Å².